The van der Waals surface area contributed by atoms with Crippen molar-refractivity contribution in [1.29, 1.82) is 0 Å². The molecule has 0 bridgehead atoms. The Labute approximate surface area is 123 Å². The first kappa shape index (κ1) is 13.9. The summed E-state index contributed by atoms with van der Waals surface area (Å²) in [7, 11) is 1.59. The molecule has 3 amide bonds. The van der Waals surface area contributed by atoms with Crippen molar-refractivity contribution < 1.29 is 14.3 Å². The van der Waals surface area contributed by atoms with Crippen LogP contribution < -0.4 is 10.6 Å². The van der Waals surface area contributed by atoms with Crippen molar-refractivity contribution in [1.82, 2.24) is 10.2 Å². The molecule has 0 aliphatic carbocycles. The quantitative estimate of drug-likeness (QED) is 0.814. The molecule has 1 saturated heterocycles. The molecule has 2 aliphatic heterocycles. The van der Waals surface area contributed by atoms with Crippen molar-refractivity contribution in [3.8, 4) is 0 Å². The molecule has 2 heterocycles. The van der Waals surface area contributed by atoms with E-state index < -0.39 is 5.41 Å². The minimum absolute atomic E-state index is 0.00380. The number of benzene rings is 1. The van der Waals surface area contributed by atoms with Gasteiger partial charge in [0.25, 0.3) is 0 Å². The maximum absolute atomic E-state index is 12.4. The summed E-state index contributed by atoms with van der Waals surface area (Å²) in [4.78, 5) is 26.2. The van der Waals surface area contributed by atoms with Crippen LogP contribution >= 0.6 is 0 Å². The number of carbonyl (C=O) groups is 2. The first-order valence-electron chi connectivity index (χ1n) is 7.10. The summed E-state index contributed by atoms with van der Waals surface area (Å²) in [6.07, 6.45) is 0.660. The number of likely N-dealkylation sites (tertiary alicyclic amines) is 1. The van der Waals surface area contributed by atoms with Crippen molar-refractivity contribution in [2.75, 3.05) is 38.7 Å². The second-order valence-electron chi connectivity index (χ2n) is 5.48. The Morgan fingerprint density at radius 1 is 1.48 bits per heavy atom. The van der Waals surface area contributed by atoms with E-state index in [9.17, 15) is 9.59 Å². The van der Waals surface area contributed by atoms with E-state index in [0.717, 1.165) is 11.3 Å². The van der Waals surface area contributed by atoms with E-state index in [-0.39, 0.29) is 11.9 Å². The van der Waals surface area contributed by atoms with E-state index in [4.69, 9.17) is 4.74 Å². The third-order valence-electron chi connectivity index (χ3n) is 4.26. The molecule has 1 unspecified atom stereocenters. The number of carbonyl (C=O) groups excluding carboxylic acids is 2. The molecule has 1 aromatic carbocycles. The summed E-state index contributed by atoms with van der Waals surface area (Å²) in [5.74, 6) is -0.00380. The number of hydrogen-bond donors (Lipinski definition) is 2. The van der Waals surface area contributed by atoms with E-state index >= 15 is 0 Å². The summed E-state index contributed by atoms with van der Waals surface area (Å²) in [5, 5.41) is 5.73. The number of urea groups is 1. The molecule has 0 saturated carbocycles. The van der Waals surface area contributed by atoms with Gasteiger partial charge < -0.3 is 20.3 Å². The fraction of sp³-hybridized carbons (Fsp3) is 0.467. The zero-order valence-electron chi connectivity index (χ0n) is 12.0. The molecule has 2 aliphatic rings. The number of amides is 3. The maximum atomic E-state index is 12.4. The first-order valence-corrected chi connectivity index (χ1v) is 7.10. The van der Waals surface area contributed by atoms with Gasteiger partial charge in [-0.1, -0.05) is 18.2 Å². The molecule has 3 rings (SSSR count). The highest BCUT2D eigenvalue weighted by molar-refractivity contribution is 6.07. The number of nitrogens with zero attached hydrogens (tertiary/aromatic N) is 1. The highest BCUT2D eigenvalue weighted by atomic mass is 16.5. The minimum atomic E-state index is -0.588. The van der Waals surface area contributed by atoms with Gasteiger partial charge in [-0.15, -0.1) is 0 Å². The van der Waals surface area contributed by atoms with Crippen LogP contribution in [-0.2, 0) is 14.9 Å². The second kappa shape index (κ2) is 5.37. The largest absolute Gasteiger partial charge is 0.383 e. The average molecular weight is 289 g/mol. The normalized spacial score (nSPS) is 23.3. The van der Waals surface area contributed by atoms with Gasteiger partial charge in [-0.05, 0) is 18.1 Å². The predicted octanol–water partition coefficient (Wildman–Crippen LogP) is 0.938. The van der Waals surface area contributed by atoms with Gasteiger partial charge in [0.15, 0.2) is 0 Å². The van der Waals surface area contributed by atoms with Gasteiger partial charge >= 0.3 is 6.03 Å². The van der Waals surface area contributed by atoms with Crippen molar-refractivity contribution in [3.63, 3.8) is 0 Å². The summed E-state index contributed by atoms with van der Waals surface area (Å²) in [6.45, 7) is 1.96. The van der Waals surface area contributed by atoms with Gasteiger partial charge in [0.1, 0.15) is 0 Å². The van der Waals surface area contributed by atoms with Gasteiger partial charge in [-0.25, -0.2) is 4.79 Å². The molecule has 2 N–H and O–H groups in total. The molecular weight excluding hydrogens is 270 g/mol. The zero-order chi connectivity index (χ0) is 14.9. The summed E-state index contributed by atoms with van der Waals surface area (Å²) in [5.41, 5.74) is 1.28. The van der Waals surface area contributed by atoms with Crippen molar-refractivity contribution in [2.24, 2.45) is 0 Å². The third kappa shape index (κ3) is 2.25. The third-order valence-corrected chi connectivity index (χ3v) is 4.26. The lowest BCUT2D eigenvalue weighted by molar-refractivity contribution is -0.120. The lowest BCUT2D eigenvalue weighted by Crippen LogP contribution is -2.43. The Balaban J connectivity index is 1.74. The number of hydrogen-bond acceptors (Lipinski definition) is 3. The monoisotopic (exact) mass is 289 g/mol. The van der Waals surface area contributed by atoms with Crippen LogP contribution in [0.4, 0.5) is 10.5 Å². The van der Waals surface area contributed by atoms with E-state index in [2.05, 4.69) is 10.6 Å². The molecule has 1 spiro atoms. The maximum Gasteiger partial charge on any atom is 0.317 e. The number of methoxy groups -OCH3 is 1. The van der Waals surface area contributed by atoms with Crippen LogP contribution in [0.5, 0.6) is 0 Å². The van der Waals surface area contributed by atoms with Crippen LogP contribution in [0.3, 0.4) is 0 Å². The highest BCUT2D eigenvalue weighted by Crippen LogP contribution is 2.43. The average Bonchev–Trinajstić information content (AvgIpc) is 3.04. The smallest absolute Gasteiger partial charge is 0.317 e. The summed E-state index contributed by atoms with van der Waals surface area (Å²) in [6, 6.07) is 7.58. The van der Waals surface area contributed by atoms with Crippen LogP contribution in [0, 0.1) is 0 Å². The van der Waals surface area contributed by atoms with Crippen LogP contribution in [0.2, 0.25) is 0 Å². The van der Waals surface area contributed by atoms with Crippen molar-refractivity contribution in [2.45, 2.75) is 11.8 Å². The van der Waals surface area contributed by atoms with Gasteiger partial charge in [0, 0.05) is 32.4 Å². The molecule has 0 aromatic heterocycles. The summed E-state index contributed by atoms with van der Waals surface area (Å²) < 4.78 is 4.91. The SMILES string of the molecule is COCCNC(=O)N1CCC2(C1)C(=O)Nc1ccccc12. The molecular formula is C15H19N3O3. The highest BCUT2D eigenvalue weighted by Gasteiger charge is 2.51. The van der Waals surface area contributed by atoms with Crippen LogP contribution in [0.1, 0.15) is 12.0 Å². The van der Waals surface area contributed by atoms with Crippen LogP contribution in [-0.4, -0.2) is 50.2 Å². The number of fused-ring (bicyclic) bond motifs is 2. The van der Waals surface area contributed by atoms with E-state index in [1.54, 1.807) is 12.0 Å². The van der Waals surface area contributed by atoms with Gasteiger partial charge in [0.2, 0.25) is 5.91 Å². The number of nitrogens with one attached hydrogen (secondary N) is 2. The molecule has 1 atom stereocenters. The van der Waals surface area contributed by atoms with Gasteiger partial charge in [-0.3, -0.25) is 4.79 Å². The molecule has 0 radical (unpaired) electrons. The molecule has 1 aromatic rings. The fourth-order valence-corrected chi connectivity index (χ4v) is 3.13. The first-order chi connectivity index (χ1) is 10.2. The van der Waals surface area contributed by atoms with Crippen LogP contribution in [0.25, 0.3) is 0 Å². The van der Waals surface area contributed by atoms with Gasteiger partial charge in [-0.2, -0.15) is 0 Å². The Hall–Kier alpha value is -2.08. The molecule has 6 nitrogen and oxygen atoms in total. The standard InChI is InChI=1S/C15H19N3O3/c1-21-9-7-16-14(20)18-8-6-15(10-18)11-4-2-3-5-12(11)17-13(15)19/h2-5H,6-10H2,1H3,(H,16,20)(H,17,19). The van der Waals surface area contributed by atoms with E-state index in [0.29, 0.717) is 32.7 Å². The predicted molar refractivity (Wildman–Crippen MR) is 78.2 cm³/mol. The molecule has 21 heavy (non-hydrogen) atoms. The summed E-state index contributed by atoms with van der Waals surface area (Å²) >= 11 is 0. The van der Waals surface area contributed by atoms with Crippen molar-refractivity contribution in [3.05, 3.63) is 29.8 Å². The number of para-hydroxylation sites is 1. The Morgan fingerprint density at radius 3 is 3.10 bits per heavy atom. The van der Waals surface area contributed by atoms with Gasteiger partial charge in [0.05, 0.1) is 12.0 Å². The Morgan fingerprint density at radius 2 is 2.29 bits per heavy atom. The molecule has 112 valence electrons. The number of ether oxygens (including phenoxy) is 1. The van der Waals surface area contributed by atoms with Crippen molar-refractivity contribution >= 4 is 17.6 Å². The van der Waals surface area contributed by atoms with E-state index in [1.165, 1.54) is 0 Å². The fourth-order valence-electron chi connectivity index (χ4n) is 3.13. The Bertz CT molecular complexity index is 575. The van der Waals surface area contributed by atoms with E-state index in [1.807, 2.05) is 24.3 Å². The van der Waals surface area contributed by atoms with Crippen LogP contribution in [0.15, 0.2) is 24.3 Å². The molecule has 1 fully saturated rings. The topological polar surface area (TPSA) is 70.7 Å². The second-order valence-corrected chi connectivity index (χ2v) is 5.48. The lowest BCUT2D eigenvalue weighted by atomic mass is 9.81. The Kier molecular flexibility index (Phi) is 3.55. The zero-order valence-corrected chi connectivity index (χ0v) is 12.0. The minimum Gasteiger partial charge on any atom is -0.383 e. The lowest BCUT2D eigenvalue weighted by Gasteiger charge is -2.22. The number of anilines is 1. The number of rotatable bonds is 3. The molecule has 6 heteroatoms.